The van der Waals surface area contributed by atoms with Crippen molar-refractivity contribution in [3.05, 3.63) is 0 Å². The molecular formula is C15H30N4O2. The summed E-state index contributed by atoms with van der Waals surface area (Å²) in [5, 5.41) is 6.19. The summed E-state index contributed by atoms with van der Waals surface area (Å²) < 4.78 is 0. The predicted molar refractivity (Wildman–Crippen MR) is 84.0 cm³/mol. The highest BCUT2D eigenvalue weighted by Crippen LogP contribution is 2.16. The normalized spacial score (nSPS) is 17.6. The van der Waals surface area contributed by atoms with Gasteiger partial charge >= 0.3 is 0 Å². The third-order valence-corrected chi connectivity index (χ3v) is 4.12. The van der Waals surface area contributed by atoms with Crippen molar-refractivity contribution in [3.8, 4) is 0 Å². The largest absolute Gasteiger partial charge is 0.359 e. The summed E-state index contributed by atoms with van der Waals surface area (Å²) in [7, 11) is 5.25. The number of hydrogen-bond acceptors (Lipinski definition) is 4. The van der Waals surface area contributed by atoms with Crippen LogP contribution in [0.2, 0.25) is 0 Å². The van der Waals surface area contributed by atoms with Gasteiger partial charge in [0.15, 0.2) is 0 Å². The lowest BCUT2D eigenvalue weighted by molar-refractivity contribution is -0.130. The van der Waals surface area contributed by atoms with Crippen molar-refractivity contribution in [1.29, 1.82) is 0 Å². The van der Waals surface area contributed by atoms with E-state index < -0.39 is 5.41 Å². The summed E-state index contributed by atoms with van der Waals surface area (Å²) in [6, 6.07) is 0.430. The molecule has 0 spiro atoms. The average Bonchev–Trinajstić information content (AvgIpc) is 2.45. The highest BCUT2D eigenvalue weighted by atomic mass is 16.2. The smallest absolute Gasteiger partial charge is 0.236 e. The monoisotopic (exact) mass is 298 g/mol. The molecule has 0 radical (unpaired) electrons. The zero-order valence-corrected chi connectivity index (χ0v) is 14.0. The minimum Gasteiger partial charge on any atom is -0.359 e. The number of rotatable bonds is 6. The summed E-state index contributed by atoms with van der Waals surface area (Å²) in [6.07, 6.45) is 2.04. The van der Waals surface area contributed by atoms with Crippen molar-refractivity contribution in [3.63, 3.8) is 0 Å². The number of carbonyl (C=O) groups excluding carboxylic acids is 2. The van der Waals surface area contributed by atoms with Gasteiger partial charge in [-0.1, -0.05) is 0 Å². The van der Waals surface area contributed by atoms with E-state index in [1.54, 1.807) is 26.0 Å². The Kier molecular flexibility index (Phi) is 6.61. The summed E-state index contributed by atoms with van der Waals surface area (Å²) >= 11 is 0. The zero-order valence-electron chi connectivity index (χ0n) is 14.0. The van der Waals surface area contributed by atoms with E-state index in [-0.39, 0.29) is 11.8 Å². The first kappa shape index (κ1) is 17.9. The quantitative estimate of drug-likeness (QED) is 0.719. The van der Waals surface area contributed by atoms with E-state index in [1.165, 1.54) is 0 Å². The number of amides is 2. The minimum atomic E-state index is -0.396. The molecule has 6 heteroatoms. The lowest BCUT2D eigenvalue weighted by atomic mass is 9.91. The maximum atomic E-state index is 11.7. The molecular weight excluding hydrogens is 268 g/mol. The van der Waals surface area contributed by atoms with Crippen LogP contribution in [0.15, 0.2) is 0 Å². The molecule has 0 aliphatic carbocycles. The van der Waals surface area contributed by atoms with Crippen molar-refractivity contribution in [2.24, 2.45) is 5.41 Å². The van der Waals surface area contributed by atoms with Gasteiger partial charge in [-0.3, -0.25) is 14.5 Å². The van der Waals surface area contributed by atoms with Crippen LogP contribution < -0.4 is 10.6 Å². The Morgan fingerprint density at radius 1 is 1.24 bits per heavy atom. The summed E-state index contributed by atoms with van der Waals surface area (Å²) in [5.41, 5.74) is -0.396. The first-order chi connectivity index (χ1) is 9.76. The molecule has 0 aromatic heterocycles. The van der Waals surface area contributed by atoms with E-state index >= 15 is 0 Å². The van der Waals surface area contributed by atoms with Gasteiger partial charge in [-0.05, 0) is 26.7 Å². The van der Waals surface area contributed by atoms with Crippen molar-refractivity contribution in [2.75, 3.05) is 47.3 Å². The van der Waals surface area contributed by atoms with Crippen LogP contribution in [0.1, 0.15) is 26.7 Å². The molecule has 0 aromatic carbocycles. The van der Waals surface area contributed by atoms with Crippen LogP contribution in [-0.2, 0) is 9.59 Å². The molecule has 122 valence electrons. The van der Waals surface area contributed by atoms with Gasteiger partial charge in [-0.25, -0.2) is 0 Å². The first-order valence-corrected chi connectivity index (χ1v) is 7.64. The average molecular weight is 298 g/mol. The molecule has 1 fully saturated rings. The Labute approximate surface area is 128 Å². The molecule has 0 saturated carbocycles. The predicted octanol–water partition coefficient (Wildman–Crippen LogP) is -0.0992. The number of likely N-dealkylation sites (N-methyl/N-ethyl adjacent to an activating group) is 1. The van der Waals surface area contributed by atoms with Crippen LogP contribution >= 0.6 is 0 Å². The van der Waals surface area contributed by atoms with Crippen molar-refractivity contribution in [2.45, 2.75) is 32.7 Å². The minimum absolute atomic E-state index is 0.0593. The Balaban J connectivity index is 2.31. The molecule has 1 rings (SSSR count). The van der Waals surface area contributed by atoms with E-state index in [4.69, 9.17) is 0 Å². The third-order valence-electron chi connectivity index (χ3n) is 4.12. The van der Waals surface area contributed by atoms with Gasteiger partial charge in [0.1, 0.15) is 0 Å². The Morgan fingerprint density at radius 3 is 2.29 bits per heavy atom. The van der Waals surface area contributed by atoms with E-state index in [0.29, 0.717) is 19.1 Å². The molecule has 0 atom stereocenters. The van der Waals surface area contributed by atoms with Gasteiger partial charge in [0, 0.05) is 46.8 Å². The van der Waals surface area contributed by atoms with Crippen LogP contribution in [0.3, 0.4) is 0 Å². The van der Waals surface area contributed by atoms with Crippen LogP contribution in [0.4, 0.5) is 0 Å². The fourth-order valence-electron chi connectivity index (χ4n) is 2.45. The first-order valence-electron chi connectivity index (χ1n) is 7.64. The summed E-state index contributed by atoms with van der Waals surface area (Å²) in [5.74, 6) is 0.214. The van der Waals surface area contributed by atoms with Gasteiger partial charge in [0.25, 0.3) is 0 Å². The number of nitrogens with one attached hydrogen (secondary N) is 2. The van der Waals surface area contributed by atoms with Crippen LogP contribution in [0, 0.1) is 5.41 Å². The number of hydrogen-bond donors (Lipinski definition) is 2. The Hall–Kier alpha value is -1.14. The molecule has 2 N–H and O–H groups in total. The second-order valence-electron chi connectivity index (χ2n) is 6.68. The maximum Gasteiger partial charge on any atom is 0.236 e. The zero-order chi connectivity index (χ0) is 16.0. The SMILES string of the molecule is CNC(=O)C(C)(C)CNC1CCN(CC(=O)N(C)C)CC1. The van der Waals surface area contributed by atoms with E-state index in [9.17, 15) is 9.59 Å². The van der Waals surface area contributed by atoms with Crippen LogP contribution in [0.25, 0.3) is 0 Å². The molecule has 1 aliphatic heterocycles. The van der Waals surface area contributed by atoms with Gasteiger partial charge in [-0.2, -0.15) is 0 Å². The fourth-order valence-corrected chi connectivity index (χ4v) is 2.45. The molecule has 2 amide bonds. The number of carbonyl (C=O) groups is 2. The second kappa shape index (κ2) is 7.75. The van der Waals surface area contributed by atoms with Gasteiger partial charge in [0.2, 0.25) is 11.8 Å². The number of nitrogens with zero attached hydrogens (tertiary/aromatic N) is 2. The Morgan fingerprint density at radius 2 is 1.81 bits per heavy atom. The maximum absolute atomic E-state index is 11.7. The van der Waals surface area contributed by atoms with E-state index in [0.717, 1.165) is 25.9 Å². The van der Waals surface area contributed by atoms with Crippen LogP contribution in [0.5, 0.6) is 0 Å². The van der Waals surface area contributed by atoms with Crippen molar-refractivity contribution in [1.82, 2.24) is 20.4 Å². The topological polar surface area (TPSA) is 64.7 Å². The van der Waals surface area contributed by atoms with Gasteiger partial charge in [0.05, 0.1) is 12.0 Å². The van der Waals surface area contributed by atoms with Crippen molar-refractivity contribution >= 4 is 11.8 Å². The Bertz CT molecular complexity index is 361. The van der Waals surface area contributed by atoms with Gasteiger partial charge in [-0.15, -0.1) is 0 Å². The highest BCUT2D eigenvalue weighted by Gasteiger charge is 2.28. The number of piperidine rings is 1. The molecule has 0 bridgehead atoms. The lowest BCUT2D eigenvalue weighted by Crippen LogP contribution is -2.49. The summed E-state index contributed by atoms with van der Waals surface area (Å²) in [6.45, 7) is 6.93. The molecule has 0 unspecified atom stereocenters. The second-order valence-corrected chi connectivity index (χ2v) is 6.68. The van der Waals surface area contributed by atoms with Crippen molar-refractivity contribution < 1.29 is 9.59 Å². The molecule has 1 saturated heterocycles. The molecule has 0 aromatic rings. The molecule has 1 heterocycles. The highest BCUT2D eigenvalue weighted by molar-refractivity contribution is 5.81. The number of likely N-dealkylation sites (tertiary alicyclic amines) is 1. The van der Waals surface area contributed by atoms with Crippen LogP contribution in [-0.4, -0.2) is 75.0 Å². The van der Waals surface area contributed by atoms with E-state index in [1.807, 2.05) is 13.8 Å². The summed E-state index contributed by atoms with van der Waals surface area (Å²) in [4.78, 5) is 27.3. The molecule has 1 aliphatic rings. The fraction of sp³-hybridized carbons (Fsp3) is 0.867. The molecule has 6 nitrogen and oxygen atoms in total. The third kappa shape index (κ3) is 5.63. The standard InChI is InChI=1S/C15H30N4O2/c1-15(2,14(21)16-3)11-17-12-6-8-19(9-7-12)10-13(20)18(4)5/h12,17H,6-11H2,1-5H3,(H,16,21). The van der Waals surface area contributed by atoms with E-state index in [2.05, 4.69) is 15.5 Å². The lowest BCUT2D eigenvalue weighted by Gasteiger charge is -2.34. The molecule has 21 heavy (non-hydrogen) atoms. The van der Waals surface area contributed by atoms with Gasteiger partial charge < -0.3 is 15.5 Å².